The molecule has 0 N–H and O–H groups in total. The maximum atomic E-state index is 13.6. The first-order chi connectivity index (χ1) is 11.1. The second-order valence-corrected chi connectivity index (χ2v) is 7.43. The molecule has 0 spiro atoms. The third kappa shape index (κ3) is 8.17. The van der Waals surface area contributed by atoms with E-state index in [0.29, 0.717) is 18.9 Å². The number of likely N-dealkylation sites (tertiary alicyclic amines) is 1. The van der Waals surface area contributed by atoms with E-state index in [0.717, 1.165) is 12.8 Å². The van der Waals surface area contributed by atoms with Crippen LogP contribution in [0.3, 0.4) is 0 Å². The monoisotopic (exact) mass is 327 g/mol. The van der Waals surface area contributed by atoms with Crippen LogP contribution < -0.4 is 0 Å². The van der Waals surface area contributed by atoms with Gasteiger partial charge in [-0.2, -0.15) is 0 Å². The van der Waals surface area contributed by atoms with Gasteiger partial charge in [-0.1, -0.05) is 78.1 Å². The van der Waals surface area contributed by atoms with E-state index in [2.05, 4.69) is 13.8 Å². The summed E-state index contributed by atoms with van der Waals surface area (Å²) in [5.41, 5.74) is 0. The largest absolute Gasteiger partial charge is 0.337 e. The molecular weight excluding hydrogens is 289 g/mol. The summed E-state index contributed by atoms with van der Waals surface area (Å²) in [6.07, 6.45) is 13.9. The predicted molar refractivity (Wildman–Crippen MR) is 96.3 cm³/mol. The number of rotatable bonds is 12. The van der Waals surface area contributed by atoms with E-state index < -0.39 is 6.17 Å². The van der Waals surface area contributed by atoms with Crippen molar-refractivity contribution in [2.45, 2.75) is 110 Å². The minimum atomic E-state index is -0.815. The van der Waals surface area contributed by atoms with Gasteiger partial charge in [0.2, 0.25) is 5.91 Å². The Hall–Kier alpha value is -0.600. The molecule has 0 radical (unpaired) electrons. The molecule has 0 aromatic heterocycles. The summed E-state index contributed by atoms with van der Waals surface area (Å²) in [6.45, 7) is 6.38. The van der Waals surface area contributed by atoms with E-state index in [1.807, 2.05) is 0 Å². The fraction of sp³-hybridized carbons (Fsp3) is 0.950. The molecule has 136 valence electrons. The van der Waals surface area contributed by atoms with Crippen molar-refractivity contribution >= 4 is 5.91 Å². The number of hydrogen-bond donors (Lipinski definition) is 0. The summed E-state index contributed by atoms with van der Waals surface area (Å²) in [5.74, 6) is 0.685. The van der Waals surface area contributed by atoms with Crippen molar-refractivity contribution in [3.05, 3.63) is 0 Å². The van der Waals surface area contributed by atoms with Crippen molar-refractivity contribution in [3.8, 4) is 0 Å². The van der Waals surface area contributed by atoms with Gasteiger partial charge in [-0.05, 0) is 12.3 Å². The van der Waals surface area contributed by atoms with Crippen LogP contribution >= 0.6 is 0 Å². The van der Waals surface area contributed by atoms with Gasteiger partial charge in [-0.3, -0.25) is 4.79 Å². The number of alkyl halides is 1. The quantitative estimate of drug-likeness (QED) is 0.409. The summed E-state index contributed by atoms with van der Waals surface area (Å²) in [6, 6.07) is 0.140. The molecule has 0 aromatic carbocycles. The van der Waals surface area contributed by atoms with E-state index >= 15 is 0 Å². The van der Waals surface area contributed by atoms with E-state index in [1.165, 1.54) is 57.8 Å². The maximum Gasteiger partial charge on any atom is 0.219 e. The molecule has 2 nitrogen and oxygen atoms in total. The lowest BCUT2D eigenvalue weighted by atomic mass is 9.90. The van der Waals surface area contributed by atoms with Crippen molar-refractivity contribution in [1.82, 2.24) is 4.90 Å². The zero-order valence-corrected chi connectivity index (χ0v) is 15.7. The number of unbranched alkanes of at least 4 members (excludes halogenated alkanes) is 7. The lowest BCUT2D eigenvalue weighted by Gasteiger charge is -2.26. The third-order valence-electron chi connectivity index (χ3n) is 5.42. The van der Waals surface area contributed by atoms with Crippen LogP contribution in [0.15, 0.2) is 0 Å². The number of hydrogen-bond acceptors (Lipinski definition) is 1. The van der Waals surface area contributed by atoms with E-state index in [4.69, 9.17) is 0 Å². The van der Waals surface area contributed by atoms with Gasteiger partial charge in [0.05, 0.1) is 6.54 Å². The van der Waals surface area contributed by atoms with Crippen molar-refractivity contribution in [3.63, 3.8) is 0 Å². The zero-order valence-electron chi connectivity index (χ0n) is 15.7. The Bertz CT molecular complexity index is 321. The van der Waals surface area contributed by atoms with Crippen molar-refractivity contribution in [1.29, 1.82) is 0 Å². The Morgan fingerprint density at radius 3 is 2.26 bits per heavy atom. The first-order valence-electron chi connectivity index (χ1n) is 9.99. The maximum absolute atomic E-state index is 13.6. The molecule has 1 aliphatic heterocycles. The first kappa shape index (κ1) is 20.4. The van der Waals surface area contributed by atoms with Crippen LogP contribution in [-0.4, -0.2) is 29.6 Å². The lowest BCUT2D eigenvalue weighted by molar-refractivity contribution is -0.130. The molecule has 1 rings (SSSR count). The van der Waals surface area contributed by atoms with Crippen LogP contribution in [0.4, 0.5) is 4.39 Å². The Balaban J connectivity index is 2.17. The number of carbonyl (C=O) groups excluding carboxylic acids is 1. The second-order valence-electron chi connectivity index (χ2n) is 7.43. The van der Waals surface area contributed by atoms with Crippen LogP contribution in [0.25, 0.3) is 0 Å². The summed E-state index contributed by atoms with van der Waals surface area (Å²) in [4.78, 5) is 13.4. The second kappa shape index (κ2) is 11.9. The molecule has 0 aromatic rings. The molecule has 23 heavy (non-hydrogen) atoms. The topological polar surface area (TPSA) is 20.3 Å². The Morgan fingerprint density at radius 2 is 1.70 bits per heavy atom. The van der Waals surface area contributed by atoms with Gasteiger partial charge < -0.3 is 4.90 Å². The SMILES string of the molecule is CCCCCCCCCCC(CC)C[C@@H]1CC(F)CN1C(C)=O. The van der Waals surface area contributed by atoms with Gasteiger partial charge in [0.15, 0.2) is 0 Å². The van der Waals surface area contributed by atoms with Crippen LogP contribution in [-0.2, 0) is 4.79 Å². The Labute approximate surface area is 143 Å². The highest BCUT2D eigenvalue weighted by Crippen LogP contribution is 2.29. The first-order valence-corrected chi connectivity index (χ1v) is 9.99. The molecule has 0 bridgehead atoms. The van der Waals surface area contributed by atoms with Crippen LogP contribution in [0.1, 0.15) is 97.8 Å². The van der Waals surface area contributed by atoms with Gasteiger partial charge in [0.25, 0.3) is 0 Å². The van der Waals surface area contributed by atoms with Gasteiger partial charge >= 0.3 is 0 Å². The van der Waals surface area contributed by atoms with Crippen LogP contribution in [0.2, 0.25) is 0 Å². The third-order valence-corrected chi connectivity index (χ3v) is 5.42. The average Bonchev–Trinajstić information content (AvgIpc) is 2.89. The van der Waals surface area contributed by atoms with E-state index in [-0.39, 0.29) is 11.9 Å². The molecular formula is C20H38FNO. The minimum Gasteiger partial charge on any atom is -0.337 e. The number of halogens is 1. The summed E-state index contributed by atoms with van der Waals surface area (Å²) < 4.78 is 13.6. The highest BCUT2D eigenvalue weighted by atomic mass is 19.1. The molecule has 3 atom stereocenters. The van der Waals surface area contributed by atoms with Gasteiger partial charge in [-0.25, -0.2) is 4.39 Å². The fourth-order valence-electron chi connectivity index (χ4n) is 3.91. The molecule has 1 amide bonds. The highest BCUT2D eigenvalue weighted by Gasteiger charge is 2.34. The van der Waals surface area contributed by atoms with Crippen LogP contribution in [0, 0.1) is 5.92 Å². The molecule has 1 fully saturated rings. The smallest absolute Gasteiger partial charge is 0.219 e. The molecule has 2 unspecified atom stereocenters. The summed E-state index contributed by atoms with van der Waals surface area (Å²) in [5, 5.41) is 0. The van der Waals surface area contributed by atoms with E-state index in [9.17, 15) is 9.18 Å². The predicted octanol–water partition coefficient (Wildman–Crippen LogP) is 5.89. The highest BCUT2D eigenvalue weighted by molar-refractivity contribution is 5.74. The summed E-state index contributed by atoms with van der Waals surface area (Å²) >= 11 is 0. The Kier molecular flexibility index (Phi) is 10.5. The van der Waals surface area contributed by atoms with E-state index in [1.54, 1.807) is 11.8 Å². The Morgan fingerprint density at radius 1 is 1.09 bits per heavy atom. The molecule has 1 aliphatic rings. The lowest BCUT2D eigenvalue weighted by Crippen LogP contribution is -2.35. The standard InChI is InChI=1S/C20H38FNO/c1-4-6-7-8-9-10-11-12-13-18(5-2)14-20-15-19(21)16-22(20)17(3)23/h18-20H,4-16H2,1-3H3/t18?,19?,20-/m1/s1. The summed E-state index contributed by atoms with van der Waals surface area (Å²) in [7, 11) is 0. The zero-order chi connectivity index (χ0) is 17.1. The molecule has 1 saturated heterocycles. The molecule has 3 heteroatoms. The van der Waals surface area contributed by atoms with Crippen LogP contribution in [0.5, 0.6) is 0 Å². The normalized spacial score (nSPS) is 22.5. The number of carbonyl (C=O) groups is 1. The van der Waals surface area contributed by atoms with Gasteiger partial charge in [0.1, 0.15) is 6.17 Å². The number of amides is 1. The van der Waals surface area contributed by atoms with Crippen molar-refractivity contribution in [2.24, 2.45) is 5.92 Å². The molecule has 1 heterocycles. The van der Waals surface area contributed by atoms with Crippen molar-refractivity contribution in [2.75, 3.05) is 6.54 Å². The number of nitrogens with zero attached hydrogens (tertiary/aromatic N) is 1. The van der Waals surface area contributed by atoms with Gasteiger partial charge in [0, 0.05) is 19.4 Å². The molecule has 0 aliphatic carbocycles. The minimum absolute atomic E-state index is 0.0390. The van der Waals surface area contributed by atoms with Crippen molar-refractivity contribution < 1.29 is 9.18 Å². The molecule has 0 saturated carbocycles. The fourth-order valence-corrected chi connectivity index (χ4v) is 3.91. The van der Waals surface area contributed by atoms with Gasteiger partial charge in [-0.15, -0.1) is 0 Å². The average molecular weight is 328 g/mol.